The van der Waals surface area contributed by atoms with Crippen molar-refractivity contribution in [2.75, 3.05) is 33.4 Å². The number of rotatable bonds is 5. The maximum Gasteiger partial charge on any atom is 0.251 e. The molecule has 20 heavy (non-hydrogen) atoms. The van der Waals surface area contributed by atoms with Crippen molar-refractivity contribution in [2.45, 2.75) is 19.6 Å². The number of benzene rings is 1. The summed E-state index contributed by atoms with van der Waals surface area (Å²) < 4.78 is 16.0. The number of carbonyl (C=O) groups is 1. The van der Waals surface area contributed by atoms with Gasteiger partial charge < -0.3 is 19.1 Å². The number of hydrogen-bond acceptors (Lipinski definition) is 4. The van der Waals surface area contributed by atoms with Crippen molar-refractivity contribution in [2.24, 2.45) is 0 Å². The van der Waals surface area contributed by atoms with Gasteiger partial charge in [-0.1, -0.05) is 12.1 Å². The summed E-state index contributed by atoms with van der Waals surface area (Å²) in [5.74, 6) is 0.841. The monoisotopic (exact) mass is 279 g/mol. The highest BCUT2D eigenvalue weighted by molar-refractivity contribution is 5.80. The second kappa shape index (κ2) is 7.26. The van der Waals surface area contributed by atoms with E-state index < -0.39 is 6.10 Å². The molecule has 1 aliphatic heterocycles. The zero-order valence-electron chi connectivity index (χ0n) is 12.0. The Balaban J connectivity index is 1.81. The number of hydrogen-bond donors (Lipinski definition) is 0. The summed E-state index contributed by atoms with van der Waals surface area (Å²) in [5.41, 5.74) is 1.02. The Labute approximate surface area is 119 Å². The van der Waals surface area contributed by atoms with Gasteiger partial charge in [0.15, 0.2) is 0 Å². The molecule has 0 N–H and O–H groups in total. The third-order valence-corrected chi connectivity index (χ3v) is 3.33. The fourth-order valence-corrected chi connectivity index (χ4v) is 2.06. The zero-order chi connectivity index (χ0) is 14.4. The van der Waals surface area contributed by atoms with E-state index in [0.29, 0.717) is 32.9 Å². The SMILES string of the molecule is COc1ccc(CO[C@@H](C)C(=O)N2CCOCC2)cc1. The van der Waals surface area contributed by atoms with Gasteiger partial charge in [0, 0.05) is 13.1 Å². The first-order valence-corrected chi connectivity index (χ1v) is 6.82. The highest BCUT2D eigenvalue weighted by Gasteiger charge is 2.22. The van der Waals surface area contributed by atoms with Crippen LogP contribution in [0, 0.1) is 0 Å². The molecule has 1 fully saturated rings. The van der Waals surface area contributed by atoms with Gasteiger partial charge in [-0.25, -0.2) is 0 Å². The molecule has 0 unspecified atom stereocenters. The average Bonchev–Trinajstić information content (AvgIpc) is 2.53. The van der Waals surface area contributed by atoms with E-state index in [1.807, 2.05) is 24.3 Å². The molecule has 0 aromatic heterocycles. The molecule has 1 aromatic rings. The number of carbonyl (C=O) groups excluding carboxylic acids is 1. The van der Waals surface area contributed by atoms with Gasteiger partial charge in [0.1, 0.15) is 11.9 Å². The summed E-state index contributed by atoms with van der Waals surface area (Å²) in [7, 11) is 1.63. The molecule has 1 aromatic carbocycles. The Bertz CT molecular complexity index is 426. The van der Waals surface area contributed by atoms with E-state index in [4.69, 9.17) is 14.2 Å². The lowest BCUT2D eigenvalue weighted by molar-refractivity contribution is -0.147. The van der Waals surface area contributed by atoms with Gasteiger partial charge in [0.05, 0.1) is 26.9 Å². The maximum atomic E-state index is 12.1. The van der Waals surface area contributed by atoms with Gasteiger partial charge in [-0.2, -0.15) is 0 Å². The van der Waals surface area contributed by atoms with Gasteiger partial charge >= 0.3 is 0 Å². The summed E-state index contributed by atoms with van der Waals surface area (Å²) in [5, 5.41) is 0. The molecule has 0 saturated carbocycles. The largest absolute Gasteiger partial charge is 0.497 e. The van der Waals surface area contributed by atoms with E-state index in [-0.39, 0.29) is 5.91 Å². The van der Waals surface area contributed by atoms with Crippen molar-refractivity contribution >= 4 is 5.91 Å². The topological polar surface area (TPSA) is 48.0 Å². The molecule has 5 heteroatoms. The highest BCUT2D eigenvalue weighted by atomic mass is 16.5. The minimum Gasteiger partial charge on any atom is -0.497 e. The molecular formula is C15H21NO4. The van der Waals surface area contributed by atoms with Gasteiger partial charge in [-0.15, -0.1) is 0 Å². The molecule has 1 atom stereocenters. The average molecular weight is 279 g/mol. The minimum atomic E-state index is -0.435. The molecule has 0 radical (unpaired) electrons. The fraction of sp³-hybridized carbons (Fsp3) is 0.533. The van der Waals surface area contributed by atoms with Crippen LogP contribution in [-0.4, -0.2) is 50.3 Å². The Morgan fingerprint density at radius 1 is 1.30 bits per heavy atom. The van der Waals surface area contributed by atoms with Crippen LogP contribution in [0.15, 0.2) is 24.3 Å². The predicted octanol–water partition coefficient (Wildman–Crippen LogP) is 1.46. The van der Waals surface area contributed by atoms with Crippen LogP contribution in [-0.2, 0) is 20.9 Å². The number of ether oxygens (including phenoxy) is 3. The first-order chi connectivity index (χ1) is 9.70. The van der Waals surface area contributed by atoms with Crippen molar-refractivity contribution in [1.29, 1.82) is 0 Å². The van der Waals surface area contributed by atoms with Crippen LogP contribution in [0.5, 0.6) is 5.75 Å². The second-order valence-corrected chi connectivity index (χ2v) is 4.74. The van der Waals surface area contributed by atoms with Crippen LogP contribution in [0.25, 0.3) is 0 Å². The Kier molecular flexibility index (Phi) is 5.38. The van der Waals surface area contributed by atoms with Crippen molar-refractivity contribution < 1.29 is 19.0 Å². The lowest BCUT2D eigenvalue weighted by Crippen LogP contribution is -2.45. The molecule has 1 amide bonds. The second-order valence-electron chi connectivity index (χ2n) is 4.74. The lowest BCUT2D eigenvalue weighted by atomic mass is 10.2. The van der Waals surface area contributed by atoms with E-state index in [9.17, 15) is 4.79 Å². The third-order valence-electron chi connectivity index (χ3n) is 3.33. The zero-order valence-corrected chi connectivity index (χ0v) is 12.0. The van der Waals surface area contributed by atoms with Crippen molar-refractivity contribution in [3.63, 3.8) is 0 Å². The summed E-state index contributed by atoms with van der Waals surface area (Å²) in [6.07, 6.45) is -0.435. The summed E-state index contributed by atoms with van der Waals surface area (Å²) in [4.78, 5) is 13.9. The van der Waals surface area contributed by atoms with E-state index in [1.165, 1.54) is 0 Å². The van der Waals surface area contributed by atoms with Crippen LogP contribution in [0.2, 0.25) is 0 Å². The Morgan fingerprint density at radius 3 is 2.55 bits per heavy atom. The summed E-state index contributed by atoms with van der Waals surface area (Å²) in [6.45, 7) is 4.72. The van der Waals surface area contributed by atoms with E-state index in [1.54, 1.807) is 18.9 Å². The molecule has 0 aliphatic carbocycles. The Morgan fingerprint density at radius 2 is 1.95 bits per heavy atom. The molecule has 5 nitrogen and oxygen atoms in total. The first-order valence-electron chi connectivity index (χ1n) is 6.82. The summed E-state index contributed by atoms with van der Waals surface area (Å²) >= 11 is 0. The van der Waals surface area contributed by atoms with Crippen LogP contribution in [0.4, 0.5) is 0 Å². The summed E-state index contributed by atoms with van der Waals surface area (Å²) in [6, 6.07) is 7.63. The van der Waals surface area contributed by atoms with Crippen LogP contribution < -0.4 is 4.74 Å². The van der Waals surface area contributed by atoms with Crippen molar-refractivity contribution in [1.82, 2.24) is 4.90 Å². The first kappa shape index (κ1) is 14.8. The van der Waals surface area contributed by atoms with Crippen molar-refractivity contribution in [3.8, 4) is 5.75 Å². The number of amides is 1. The molecule has 1 aliphatic rings. The maximum absolute atomic E-state index is 12.1. The highest BCUT2D eigenvalue weighted by Crippen LogP contribution is 2.13. The molecule has 0 bridgehead atoms. The number of nitrogens with zero attached hydrogens (tertiary/aromatic N) is 1. The van der Waals surface area contributed by atoms with Gasteiger partial charge in [-0.05, 0) is 24.6 Å². The van der Waals surface area contributed by atoms with E-state index in [0.717, 1.165) is 11.3 Å². The van der Waals surface area contributed by atoms with Gasteiger partial charge in [0.25, 0.3) is 5.91 Å². The number of morpholine rings is 1. The standard InChI is InChI=1S/C15H21NO4/c1-12(15(17)16-7-9-19-10-8-16)20-11-13-3-5-14(18-2)6-4-13/h3-6,12H,7-11H2,1-2H3/t12-/m0/s1. The normalized spacial score (nSPS) is 16.8. The lowest BCUT2D eigenvalue weighted by Gasteiger charge is -2.29. The number of methoxy groups -OCH3 is 1. The third kappa shape index (κ3) is 3.95. The van der Waals surface area contributed by atoms with Crippen LogP contribution >= 0.6 is 0 Å². The molecule has 2 rings (SSSR count). The molecule has 0 spiro atoms. The molecular weight excluding hydrogens is 258 g/mol. The molecule has 1 saturated heterocycles. The van der Waals surface area contributed by atoms with Crippen LogP contribution in [0.3, 0.4) is 0 Å². The minimum absolute atomic E-state index is 0.0295. The van der Waals surface area contributed by atoms with Gasteiger partial charge in [0.2, 0.25) is 0 Å². The molecule has 110 valence electrons. The van der Waals surface area contributed by atoms with E-state index >= 15 is 0 Å². The quantitative estimate of drug-likeness (QED) is 0.818. The van der Waals surface area contributed by atoms with Crippen LogP contribution in [0.1, 0.15) is 12.5 Å². The van der Waals surface area contributed by atoms with E-state index in [2.05, 4.69) is 0 Å². The van der Waals surface area contributed by atoms with Crippen molar-refractivity contribution in [3.05, 3.63) is 29.8 Å². The Hall–Kier alpha value is -1.59. The smallest absolute Gasteiger partial charge is 0.251 e. The molecule has 1 heterocycles. The predicted molar refractivity (Wildman–Crippen MR) is 74.6 cm³/mol. The van der Waals surface area contributed by atoms with Gasteiger partial charge in [-0.3, -0.25) is 4.79 Å². The fourth-order valence-electron chi connectivity index (χ4n) is 2.06.